The number of nitrogens with two attached hydrogens (primary N) is 2. The fraction of sp³-hybridized carbons (Fsp3) is 0.480. The number of anilines is 2. The van der Waals surface area contributed by atoms with Crippen LogP contribution < -0.4 is 16.2 Å². The second-order valence-electron chi connectivity index (χ2n) is 15.8. The average molecular weight is 570 g/mol. The van der Waals surface area contributed by atoms with Crippen LogP contribution in [-0.2, 0) is 0 Å². The summed E-state index contributed by atoms with van der Waals surface area (Å²) in [6, 6.07) is 13.0. The van der Waals surface area contributed by atoms with Gasteiger partial charge in [-0.3, -0.25) is 0 Å². The Balaban J connectivity index is 1.31. The Bertz CT molecular complexity index is 1190. The molecule has 19 heteroatoms. The van der Waals surface area contributed by atoms with Gasteiger partial charge < -0.3 is 16.2 Å². The second-order valence-corrected chi connectivity index (χ2v) is 15.8. The highest BCUT2D eigenvalue weighted by molar-refractivity contribution is 8.08. The van der Waals surface area contributed by atoms with E-state index in [-0.39, 0.29) is 0 Å². The van der Waals surface area contributed by atoms with Gasteiger partial charge in [-0.05, 0) is 79.3 Å². The van der Waals surface area contributed by atoms with Gasteiger partial charge in [-0.2, -0.15) is 0 Å². The summed E-state index contributed by atoms with van der Waals surface area (Å²) in [6.07, 6.45) is 15.6. The van der Waals surface area contributed by atoms with Crippen LogP contribution in [0.1, 0.15) is 73.2 Å². The van der Waals surface area contributed by atoms with Gasteiger partial charge in [0.15, 0.2) is 0 Å². The van der Waals surface area contributed by atoms with Crippen molar-refractivity contribution >= 4 is 124 Å². The molecule has 4 nitrogen and oxygen atoms in total. The zero-order valence-electron chi connectivity index (χ0n) is 29.0. The molecule has 2 fully saturated rings. The van der Waals surface area contributed by atoms with Crippen molar-refractivity contribution in [1.82, 2.24) is 0 Å². The van der Waals surface area contributed by atoms with E-state index in [2.05, 4.69) is 74.0 Å². The molecule has 0 aliphatic heterocycles. The van der Waals surface area contributed by atoms with Crippen molar-refractivity contribution in [2.45, 2.75) is 63.1 Å². The van der Waals surface area contributed by atoms with Gasteiger partial charge in [0.1, 0.15) is 5.75 Å². The highest BCUT2D eigenvalue weighted by Gasteiger charge is 2.47. The number of rotatable bonds is 11. The highest BCUT2D eigenvalue weighted by Crippen LogP contribution is 2.46. The molecule has 0 unspecified atom stereocenters. The third kappa shape index (κ3) is 8.64. The first-order valence-corrected chi connectivity index (χ1v) is 17.8. The summed E-state index contributed by atoms with van der Waals surface area (Å²) in [6.45, 7) is 0.845. The summed E-state index contributed by atoms with van der Waals surface area (Å²) in [5, 5.41) is 0. The molecule has 4 rings (SSSR count). The normalized spacial score (nSPS) is 21.5. The van der Waals surface area contributed by atoms with Crippen LogP contribution in [0.2, 0.25) is 5.82 Å². The van der Waals surface area contributed by atoms with Gasteiger partial charge in [0, 0.05) is 56.2 Å². The minimum Gasteiger partial charge on any atom is -0.423 e. The molecule has 0 heterocycles. The first-order valence-electron chi connectivity index (χ1n) is 17.8. The summed E-state index contributed by atoms with van der Waals surface area (Å²) in [5.74, 6) is 3.37. The van der Waals surface area contributed by atoms with E-state index in [4.69, 9.17) is 16.2 Å². The molecule has 0 atom stereocenters. The van der Waals surface area contributed by atoms with Gasteiger partial charge >= 0.3 is 5.97 Å². The average Bonchev–Trinajstić information content (AvgIpc) is 2.96. The van der Waals surface area contributed by atoms with Gasteiger partial charge in [0.25, 0.3) is 0 Å². The van der Waals surface area contributed by atoms with Crippen LogP contribution in [0.5, 0.6) is 5.75 Å². The zero-order valence-corrected chi connectivity index (χ0v) is 29.0. The van der Waals surface area contributed by atoms with Crippen molar-refractivity contribution in [1.29, 1.82) is 0 Å². The predicted octanol–water partition coefficient (Wildman–Crippen LogP) is -4.12. The molecule has 0 aromatic heterocycles. The lowest BCUT2D eigenvalue weighted by atomic mass is 8.47. The highest BCUT2D eigenvalue weighted by atomic mass is 16.5. The van der Waals surface area contributed by atoms with E-state index in [0.29, 0.717) is 28.6 Å². The van der Waals surface area contributed by atoms with Crippen LogP contribution in [0.15, 0.2) is 42.5 Å². The molecular formula is C25H47B15N2O2. The molecule has 0 saturated heterocycles. The number of nitrogen functional groups attached to an aromatic ring is 2. The number of hydrogen-bond donors (Lipinski definition) is 2. The van der Waals surface area contributed by atoms with Crippen molar-refractivity contribution in [2.24, 2.45) is 11.8 Å². The van der Waals surface area contributed by atoms with Gasteiger partial charge in [-0.25, -0.2) is 4.79 Å². The Labute approximate surface area is 278 Å². The molecule has 214 valence electrons. The zero-order chi connectivity index (χ0) is 32.1. The molecular weight excluding hydrogens is 522 g/mol. The van der Waals surface area contributed by atoms with E-state index in [1.807, 2.05) is 12.1 Å². The van der Waals surface area contributed by atoms with Crippen LogP contribution in [0.3, 0.4) is 0 Å². The molecule has 0 bridgehead atoms. The molecule has 4 N–H and O–H groups in total. The van der Waals surface area contributed by atoms with E-state index in [1.54, 1.807) is 18.2 Å². The molecule has 44 heavy (non-hydrogen) atoms. The molecule has 2 aliphatic rings. The lowest BCUT2D eigenvalue weighted by Crippen LogP contribution is -2.75. The molecule has 2 aromatic rings. The van der Waals surface area contributed by atoms with Gasteiger partial charge in [-0.1, -0.05) is 43.6 Å². The van der Waals surface area contributed by atoms with E-state index in [0.717, 1.165) is 62.5 Å². The molecule has 0 spiro atoms. The molecule has 0 radical (unpaired) electrons. The van der Waals surface area contributed by atoms with Crippen molar-refractivity contribution in [3.8, 4) is 5.75 Å². The molecule has 2 aromatic carbocycles. The summed E-state index contributed by atoms with van der Waals surface area (Å²) in [7, 11) is 19.9. The van der Waals surface area contributed by atoms with Crippen LogP contribution in [0.4, 0.5) is 11.4 Å². The SMILES string of the molecule is BB(B)B(B(B)B)B(B(B(B)B)B(B)B)C1CCC(C2CCC(c3ccc(OC(=O)c4ccc(N)cc4N)cc3)CC2)CC1. The summed E-state index contributed by atoms with van der Waals surface area (Å²) in [5.41, 5.74) is 14.3. The second kappa shape index (κ2) is 15.9. The van der Waals surface area contributed by atoms with E-state index < -0.39 is 5.97 Å². The third-order valence-corrected chi connectivity index (χ3v) is 11.6. The van der Waals surface area contributed by atoms with Crippen molar-refractivity contribution in [2.75, 3.05) is 11.5 Å². The topological polar surface area (TPSA) is 78.3 Å². The monoisotopic (exact) mass is 573 g/mol. The maximum Gasteiger partial charge on any atom is 0.345 e. The van der Waals surface area contributed by atoms with Gasteiger partial charge in [-0.15, -0.1) is 0 Å². The van der Waals surface area contributed by atoms with Crippen molar-refractivity contribution in [3.05, 3.63) is 53.6 Å². The minimum absolute atomic E-state index is 0.335. The Kier molecular flexibility index (Phi) is 12.7. The van der Waals surface area contributed by atoms with Crippen LogP contribution >= 0.6 is 0 Å². The maximum absolute atomic E-state index is 12.6. The van der Waals surface area contributed by atoms with Gasteiger partial charge in [0.05, 0.1) is 67.5 Å². The summed E-state index contributed by atoms with van der Waals surface area (Å²) in [4.78, 5) is 12.6. The standard InChI is InChI=1S/C25H47B15N2O2/c26-35(27)39(36(28)29)34(40(37(30)31)38(32)33)20-9-5-18(6-10-20)16-1-3-17(4-2-16)19-7-12-22(13-8-19)44-25(43)23-14-11-21(41)15-24(23)42/h7-8,11-18,20H,1-6,9-10,26-33,41-42H2. The van der Waals surface area contributed by atoms with Crippen molar-refractivity contribution in [3.63, 3.8) is 0 Å². The summed E-state index contributed by atoms with van der Waals surface area (Å²) < 4.78 is 5.61. The van der Waals surface area contributed by atoms with E-state index in [1.165, 1.54) is 56.9 Å². The predicted molar refractivity (Wildman–Crippen MR) is 226 cm³/mol. The Morgan fingerprint density at radius 1 is 0.659 bits per heavy atom. The minimum atomic E-state index is -0.454. The largest absolute Gasteiger partial charge is 0.423 e. The smallest absolute Gasteiger partial charge is 0.345 e. The summed E-state index contributed by atoms with van der Waals surface area (Å²) >= 11 is 0. The van der Waals surface area contributed by atoms with E-state index in [9.17, 15) is 4.79 Å². The maximum atomic E-state index is 12.6. The number of benzene rings is 2. The fourth-order valence-corrected chi connectivity index (χ4v) is 9.86. The third-order valence-electron chi connectivity index (χ3n) is 11.6. The Morgan fingerprint density at radius 2 is 1.14 bits per heavy atom. The van der Waals surface area contributed by atoms with Gasteiger partial charge in [0.2, 0.25) is 0 Å². The number of hydrogen-bond acceptors (Lipinski definition) is 4. The number of ether oxygens (including phenoxy) is 1. The molecule has 2 aliphatic carbocycles. The van der Waals surface area contributed by atoms with Crippen LogP contribution in [0.25, 0.3) is 0 Å². The first kappa shape index (κ1) is 35.3. The van der Waals surface area contributed by atoms with Crippen LogP contribution in [0, 0.1) is 11.8 Å². The molecule has 2 saturated carbocycles. The van der Waals surface area contributed by atoms with Crippen molar-refractivity contribution < 1.29 is 9.53 Å². The number of carbonyl (C=O) groups is 1. The van der Waals surface area contributed by atoms with E-state index >= 15 is 0 Å². The van der Waals surface area contributed by atoms with Crippen LogP contribution in [-0.4, -0.2) is 113 Å². The number of carbonyl (C=O) groups excluding carboxylic acids is 1. The lowest BCUT2D eigenvalue weighted by Gasteiger charge is -2.45. The Hall–Kier alpha value is -1.52. The fourth-order valence-electron chi connectivity index (χ4n) is 9.86. The lowest BCUT2D eigenvalue weighted by molar-refractivity contribution is 0.0736. The Morgan fingerprint density at radius 3 is 1.59 bits per heavy atom. The first-order chi connectivity index (χ1) is 20.9. The molecule has 0 amide bonds. The number of esters is 1. The quantitative estimate of drug-likeness (QED) is 0.125.